The topological polar surface area (TPSA) is 46.2 Å². The second-order valence-corrected chi connectivity index (χ2v) is 5.34. The lowest BCUT2D eigenvalue weighted by molar-refractivity contribution is 0.106. The molecule has 1 aromatic rings. The van der Waals surface area contributed by atoms with Crippen molar-refractivity contribution in [1.82, 2.24) is 0 Å². The Kier molecular flexibility index (Phi) is 5.23. The summed E-state index contributed by atoms with van der Waals surface area (Å²) < 4.78 is 27.3. The van der Waals surface area contributed by atoms with Gasteiger partial charge in [0, 0.05) is 17.5 Å². The largest absolute Gasteiger partial charge is 0.396 e. The maximum absolute atomic E-state index is 13.6. The fraction of sp³-hybridized carbons (Fsp3) is 0.571. The second kappa shape index (κ2) is 6.25. The molecule has 0 aromatic heterocycles. The predicted octanol–water partition coefficient (Wildman–Crippen LogP) is 2.49. The van der Waals surface area contributed by atoms with Crippen LogP contribution in [0.1, 0.15) is 25.8 Å². The first kappa shape index (κ1) is 15.1. The number of hydrogen-bond donors (Lipinski definition) is 2. The van der Waals surface area contributed by atoms with Crippen LogP contribution < -0.4 is 5.73 Å². The Hall–Kier alpha value is -1.00. The fourth-order valence-corrected chi connectivity index (χ4v) is 2.35. The van der Waals surface area contributed by atoms with E-state index in [1.165, 1.54) is 18.2 Å². The monoisotopic (exact) mass is 257 g/mol. The Bertz CT molecular complexity index is 369. The van der Waals surface area contributed by atoms with Crippen molar-refractivity contribution in [3.05, 3.63) is 35.4 Å². The first-order valence-electron chi connectivity index (χ1n) is 6.18. The third-order valence-corrected chi connectivity index (χ3v) is 3.22. The molecule has 1 aromatic carbocycles. The van der Waals surface area contributed by atoms with E-state index in [4.69, 9.17) is 5.73 Å². The van der Waals surface area contributed by atoms with Gasteiger partial charge in [-0.25, -0.2) is 8.78 Å². The zero-order valence-electron chi connectivity index (χ0n) is 10.9. The van der Waals surface area contributed by atoms with Crippen LogP contribution in [0.4, 0.5) is 8.78 Å². The van der Waals surface area contributed by atoms with Crippen LogP contribution in [0, 0.1) is 23.0 Å². The number of nitrogens with two attached hydrogens (primary N) is 1. The molecule has 0 amide bonds. The Labute approximate surface area is 107 Å². The Morgan fingerprint density at radius 3 is 2.22 bits per heavy atom. The van der Waals surface area contributed by atoms with Gasteiger partial charge in [-0.1, -0.05) is 19.9 Å². The molecule has 1 rings (SSSR count). The minimum atomic E-state index is -0.656. The first-order valence-corrected chi connectivity index (χ1v) is 6.18. The molecule has 1 unspecified atom stereocenters. The molecule has 0 bridgehead atoms. The smallest absolute Gasteiger partial charge is 0.129 e. The Balaban J connectivity index is 3.03. The van der Waals surface area contributed by atoms with Crippen LogP contribution in [0.15, 0.2) is 18.2 Å². The van der Waals surface area contributed by atoms with E-state index in [2.05, 4.69) is 0 Å². The number of benzene rings is 1. The quantitative estimate of drug-likeness (QED) is 0.822. The van der Waals surface area contributed by atoms with Gasteiger partial charge in [-0.15, -0.1) is 0 Å². The third-order valence-electron chi connectivity index (χ3n) is 3.22. The van der Waals surface area contributed by atoms with E-state index in [0.29, 0.717) is 12.3 Å². The van der Waals surface area contributed by atoms with E-state index in [1.807, 2.05) is 13.8 Å². The highest BCUT2D eigenvalue weighted by Gasteiger charge is 2.31. The van der Waals surface area contributed by atoms with Gasteiger partial charge in [-0.3, -0.25) is 0 Å². The van der Waals surface area contributed by atoms with Gasteiger partial charge in [0.1, 0.15) is 11.6 Å². The lowest BCUT2D eigenvalue weighted by Crippen LogP contribution is -2.38. The Morgan fingerprint density at radius 2 is 1.83 bits per heavy atom. The van der Waals surface area contributed by atoms with Crippen molar-refractivity contribution in [2.24, 2.45) is 17.1 Å². The van der Waals surface area contributed by atoms with Crippen LogP contribution in [0.25, 0.3) is 0 Å². The molecule has 1 atom stereocenters. The second-order valence-electron chi connectivity index (χ2n) is 5.34. The molecule has 0 spiro atoms. The van der Waals surface area contributed by atoms with E-state index >= 15 is 0 Å². The number of rotatable bonds is 6. The molecule has 0 radical (unpaired) electrons. The highest BCUT2D eigenvalue weighted by atomic mass is 19.1. The summed E-state index contributed by atoms with van der Waals surface area (Å²) in [4.78, 5) is 0. The third kappa shape index (κ3) is 3.50. The number of aliphatic hydroxyl groups is 1. The summed E-state index contributed by atoms with van der Waals surface area (Å²) in [5, 5.41) is 9.54. The Morgan fingerprint density at radius 1 is 1.28 bits per heavy atom. The van der Waals surface area contributed by atoms with Gasteiger partial charge in [-0.05, 0) is 30.9 Å². The summed E-state index contributed by atoms with van der Waals surface area (Å²) in [5.74, 6) is -0.856. The molecule has 0 saturated carbocycles. The predicted molar refractivity (Wildman–Crippen MR) is 68.1 cm³/mol. The zero-order valence-corrected chi connectivity index (χ0v) is 10.9. The van der Waals surface area contributed by atoms with Crippen molar-refractivity contribution in [1.29, 1.82) is 0 Å². The van der Waals surface area contributed by atoms with Gasteiger partial charge in [0.15, 0.2) is 0 Å². The SMILES string of the molecule is CC(C)CC(CN)(CO)Cc1c(F)cccc1F. The normalized spacial score (nSPS) is 14.8. The van der Waals surface area contributed by atoms with Crippen molar-refractivity contribution in [3.63, 3.8) is 0 Å². The van der Waals surface area contributed by atoms with Gasteiger partial charge in [-0.2, -0.15) is 0 Å². The van der Waals surface area contributed by atoms with Crippen LogP contribution in [-0.2, 0) is 6.42 Å². The molecule has 0 aliphatic rings. The van der Waals surface area contributed by atoms with Gasteiger partial charge in [0.2, 0.25) is 0 Å². The van der Waals surface area contributed by atoms with Crippen LogP contribution in [0.2, 0.25) is 0 Å². The molecular weight excluding hydrogens is 236 g/mol. The van der Waals surface area contributed by atoms with E-state index in [0.717, 1.165) is 0 Å². The van der Waals surface area contributed by atoms with Crippen LogP contribution >= 0.6 is 0 Å². The summed E-state index contributed by atoms with van der Waals surface area (Å²) in [6.07, 6.45) is 0.754. The molecule has 0 heterocycles. The number of halogens is 2. The molecule has 0 fully saturated rings. The minimum absolute atomic E-state index is 0.0117. The van der Waals surface area contributed by atoms with Crippen LogP contribution in [0.3, 0.4) is 0 Å². The maximum Gasteiger partial charge on any atom is 0.129 e. The minimum Gasteiger partial charge on any atom is -0.396 e. The van der Waals surface area contributed by atoms with Crippen molar-refractivity contribution >= 4 is 0 Å². The molecule has 0 aliphatic heterocycles. The van der Waals surface area contributed by atoms with Crippen LogP contribution in [0.5, 0.6) is 0 Å². The molecule has 4 heteroatoms. The van der Waals surface area contributed by atoms with E-state index in [1.54, 1.807) is 0 Å². The van der Waals surface area contributed by atoms with Crippen LogP contribution in [-0.4, -0.2) is 18.3 Å². The highest BCUT2D eigenvalue weighted by Crippen LogP contribution is 2.31. The van der Waals surface area contributed by atoms with Crippen molar-refractivity contribution < 1.29 is 13.9 Å². The van der Waals surface area contributed by atoms with E-state index in [-0.39, 0.29) is 25.1 Å². The van der Waals surface area contributed by atoms with Crippen molar-refractivity contribution in [2.45, 2.75) is 26.7 Å². The lowest BCUT2D eigenvalue weighted by Gasteiger charge is -2.32. The molecule has 0 aliphatic carbocycles. The fourth-order valence-electron chi connectivity index (χ4n) is 2.35. The zero-order chi connectivity index (χ0) is 13.8. The maximum atomic E-state index is 13.6. The molecular formula is C14H21F2NO. The van der Waals surface area contributed by atoms with Crippen molar-refractivity contribution in [2.75, 3.05) is 13.2 Å². The molecule has 0 saturated heterocycles. The summed E-state index contributed by atoms with van der Waals surface area (Å²) in [6, 6.07) is 3.79. The molecule has 3 N–H and O–H groups in total. The standard InChI is InChI=1S/C14H21F2NO/c1-10(2)6-14(8-17,9-18)7-11-12(15)4-3-5-13(11)16/h3-5,10,18H,6-9,17H2,1-2H3. The summed E-state index contributed by atoms with van der Waals surface area (Å²) in [7, 11) is 0. The van der Waals surface area contributed by atoms with Crippen molar-refractivity contribution in [3.8, 4) is 0 Å². The van der Waals surface area contributed by atoms with Gasteiger partial charge >= 0.3 is 0 Å². The average Bonchev–Trinajstić information content (AvgIpc) is 2.32. The lowest BCUT2D eigenvalue weighted by atomic mass is 9.76. The first-order chi connectivity index (χ1) is 8.44. The van der Waals surface area contributed by atoms with Gasteiger partial charge < -0.3 is 10.8 Å². The highest BCUT2D eigenvalue weighted by molar-refractivity contribution is 5.21. The average molecular weight is 257 g/mol. The van der Waals surface area contributed by atoms with Gasteiger partial charge in [0.05, 0.1) is 6.61 Å². The summed E-state index contributed by atoms with van der Waals surface area (Å²) in [6.45, 7) is 4.03. The molecule has 18 heavy (non-hydrogen) atoms. The van der Waals surface area contributed by atoms with E-state index < -0.39 is 17.0 Å². The summed E-state index contributed by atoms with van der Waals surface area (Å²) in [5.41, 5.74) is 5.07. The summed E-state index contributed by atoms with van der Waals surface area (Å²) >= 11 is 0. The number of hydrogen-bond acceptors (Lipinski definition) is 2. The molecule has 2 nitrogen and oxygen atoms in total. The van der Waals surface area contributed by atoms with E-state index in [9.17, 15) is 13.9 Å². The number of aliphatic hydroxyl groups excluding tert-OH is 1. The van der Waals surface area contributed by atoms with Gasteiger partial charge in [0.25, 0.3) is 0 Å². The molecule has 102 valence electrons.